The molecule has 33 heavy (non-hydrogen) atoms. The fourth-order valence-corrected chi connectivity index (χ4v) is 4.81. The summed E-state index contributed by atoms with van der Waals surface area (Å²) in [7, 11) is 4.14. The molecule has 2 N–H and O–H groups in total. The SMILES string of the molecule is Bc1cnc(Nc2nc(Sc3ccc(NC(=O)C4CC4)cc3)nc(N3CCN(C)CC3)n2)s1. The number of nitrogens with one attached hydrogen (secondary N) is 2. The van der Waals surface area contributed by atoms with Crippen LogP contribution < -0.4 is 20.3 Å². The third-order valence-electron chi connectivity index (χ3n) is 5.51. The van der Waals surface area contributed by atoms with Crippen LogP contribution in [-0.2, 0) is 4.79 Å². The number of carbonyl (C=O) groups excluding carboxylic acids is 1. The number of hydrogen-bond acceptors (Lipinski definition) is 10. The highest BCUT2D eigenvalue weighted by Gasteiger charge is 2.29. The third-order valence-corrected chi connectivity index (χ3v) is 7.21. The van der Waals surface area contributed by atoms with Gasteiger partial charge in [0.25, 0.3) is 0 Å². The van der Waals surface area contributed by atoms with Crippen LogP contribution >= 0.6 is 23.1 Å². The summed E-state index contributed by atoms with van der Waals surface area (Å²) in [5.41, 5.74) is 0.812. The van der Waals surface area contributed by atoms with Gasteiger partial charge in [-0.25, -0.2) is 4.98 Å². The van der Waals surface area contributed by atoms with Crippen molar-refractivity contribution in [2.75, 3.05) is 48.8 Å². The number of aromatic nitrogens is 4. The topological polar surface area (TPSA) is 99.2 Å². The van der Waals surface area contributed by atoms with Gasteiger partial charge in [0.05, 0.1) is 0 Å². The largest absolute Gasteiger partial charge is 0.338 e. The summed E-state index contributed by atoms with van der Waals surface area (Å²) in [4.78, 5) is 35.9. The molecule has 1 saturated heterocycles. The molecule has 1 saturated carbocycles. The van der Waals surface area contributed by atoms with Gasteiger partial charge in [-0.05, 0) is 60.7 Å². The van der Waals surface area contributed by atoms with Crippen LogP contribution in [0.3, 0.4) is 0 Å². The molecule has 0 spiro atoms. The molecule has 2 fully saturated rings. The van der Waals surface area contributed by atoms with Crippen molar-refractivity contribution in [3.8, 4) is 0 Å². The van der Waals surface area contributed by atoms with Crippen molar-refractivity contribution < 1.29 is 4.79 Å². The lowest BCUT2D eigenvalue weighted by molar-refractivity contribution is -0.117. The number of likely N-dealkylation sites (N-methyl/N-ethyl adjacent to an activating group) is 1. The summed E-state index contributed by atoms with van der Waals surface area (Å²) in [6.45, 7) is 3.68. The normalized spacial score (nSPS) is 16.6. The predicted molar refractivity (Wildman–Crippen MR) is 135 cm³/mol. The van der Waals surface area contributed by atoms with E-state index in [4.69, 9.17) is 4.98 Å². The zero-order valence-electron chi connectivity index (χ0n) is 18.6. The number of piperazine rings is 1. The zero-order valence-corrected chi connectivity index (χ0v) is 20.2. The van der Waals surface area contributed by atoms with Gasteiger partial charge in [0, 0.05) is 48.9 Å². The van der Waals surface area contributed by atoms with E-state index in [2.05, 4.69) is 42.4 Å². The van der Waals surface area contributed by atoms with E-state index < -0.39 is 0 Å². The van der Waals surface area contributed by atoms with Crippen LogP contribution in [0.5, 0.6) is 0 Å². The van der Waals surface area contributed by atoms with Crippen molar-refractivity contribution in [1.29, 1.82) is 0 Å². The number of rotatable bonds is 7. The Kier molecular flexibility index (Phi) is 6.47. The summed E-state index contributed by atoms with van der Waals surface area (Å²) in [6.07, 6.45) is 3.81. The summed E-state index contributed by atoms with van der Waals surface area (Å²) in [6, 6.07) is 7.79. The first-order valence-corrected chi connectivity index (χ1v) is 12.6. The van der Waals surface area contributed by atoms with E-state index in [1.54, 1.807) is 11.3 Å². The van der Waals surface area contributed by atoms with E-state index in [0.29, 0.717) is 17.1 Å². The van der Waals surface area contributed by atoms with Gasteiger partial charge in [-0.2, -0.15) is 15.0 Å². The monoisotopic (exact) mass is 480 g/mol. The van der Waals surface area contributed by atoms with Crippen LogP contribution in [0, 0.1) is 5.92 Å². The Morgan fingerprint density at radius 2 is 1.88 bits per heavy atom. The van der Waals surface area contributed by atoms with Gasteiger partial charge in [0.2, 0.25) is 17.8 Å². The minimum atomic E-state index is 0.109. The van der Waals surface area contributed by atoms with E-state index in [1.807, 2.05) is 38.3 Å². The van der Waals surface area contributed by atoms with E-state index >= 15 is 0 Å². The number of carbonyl (C=O) groups is 1. The molecule has 0 radical (unpaired) electrons. The van der Waals surface area contributed by atoms with Gasteiger partial charge in [-0.3, -0.25) is 10.1 Å². The Labute approximate surface area is 201 Å². The maximum atomic E-state index is 12.0. The first kappa shape index (κ1) is 22.1. The number of amides is 1. The Balaban J connectivity index is 1.35. The van der Waals surface area contributed by atoms with Gasteiger partial charge < -0.3 is 15.1 Å². The van der Waals surface area contributed by atoms with E-state index in [-0.39, 0.29) is 11.8 Å². The van der Waals surface area contributed by atoms with E-state index in [1.165, 1.54) is 11.8 Å². The number of benzene rings is 1. The summed E-state index contributed by atoms with van der Waals surface area (Å²) in [5.74, 6) is 1.46. The van der Waals surface area contributed by atoms with Gasteiger partial charge in [0.15, 0.2) is 18.1 Å². The molecule has 0 bridgehead atoms. The smallest absolute Gasteiger partial charge is 0.234 e. The molecule has 170 valence electrons. The van der Waals surface area contributed by atoms with Crippen LogP contribution in [0.15, 0.2) is 40.5 Å². The van der Waals surface area contributed by atoms with Crippen molar-refractivity contribution in [3.05, 3.63) is 30.5 Å². The van der Waals surface area contributed by atoms with Crippen molar-refractivity contribution >= 4 is 64.3 Å². The maximum Gasteiger partial charge on any atom is 0.234 e. The minimum absolute atomic E-state index is 0.109. The number of hydrogen-bond donors (Lipinski definition) is 2. The standard InChI is InChI=1S/C21H25BN8OS2/c1-29-8-10-30(11-9-29)19-25-18(26-20-23-12-16(22)33-20)27-21(28-19)32-15-6-4-14(5-7-15)24-17(31)13-2-3-13/h4-7,12-13H,2-3,8-11,22H2,1H3,(H,24,31)(H,23,25,26,27,28). The van der Waals surface area contributed by atoms with Crippen LogP contribution in [0.1, 0.15) is 12.8 Å². The fourth-order valence-electron chi connectivity index (χ4n) is 3.40. The molecule has 0 unspecified atom stereocenters. The Bertz CT molecular complexity index is 1130. The maximum absolute atomic E-state index is 12.0. The molecule has 9 nitrogen and oxygen atoms in total. The van der Waals surface area contributed by atoms with Gasteiger partial charge in [-0.15, -0.1) is 11.3 Å². The lowest BCUT2D eigenvalue weighted by Crippen LogP contribution is -2.45. The van der Waals surface area contributed by atoms with Crippen LogP contribution in [0.25, 0.3) is 0 Å². The zero-order chi connectivity index (χ0) is 22.8. The first-order chi connectivity index (χ1) is 16.0. The molecule has 3 aromatic rings. The van der Waals surface area contributed by atoms with Gasteiger partial charge in [0.1, 0.15) is 0 Å². The van der Waals surface area contributed by atoms with Crippen molar-refractivity contribution in [2.45, 2.75) is 22.9 Å². The quantitative estimate of drug-likeness (QED) is 0.489. The average Bonchev–Trinajstić information content (AvgIpc) is 3.58. The lowest BCUT2D eigenvalue weighted by Gasteiger charge is -2.32. The Morgan fingerprint density at radius 3 is 2.55 bits per heavy atom. The molecule has 1 aromatic carbocycles. The molecule has 3 heterocycles. The van der Waals surface area contributed by atoms with Gasteiger partial charge in [-0.1, -0.05) is 0 Å². The molecule has 0 atom stereocenters. The lowest BCUT2D eigenvalue weighted by atomic mass is 10.1. The average molecular weight is 480 g/mol. The van der Waals surface area contributed by atoms with Crippen molar-refractivity contribution in [2.24, 2.45) is 5.92 Å². The highest BCUT2D eigenvalue weighted by molar-refractivity contribution is 7.99. The summed E-state index contributed by atoms with van der Waals surface area (Å²) < 4.78 is 1.12. The van der Waals surface area contributed by atoms with Crippen molar-refractivity contribution in [1.82, 2.24) is 24.8 Å². The Morgan fingerprint density at radius 1 is 1.12 bits per heavy atom. The fraction of sp³-hybridized carbons (Fsp3) is 0.381. The number of thiazole rings is 1. The first-order valence-electron chi connectivity index (χ1n) is 11.0. The van der Waals surface area contributed by atoms with Crippen LogP contribution in [0.2, 0.25) is 0 Å². The molecule has 1 aliphatic carbocycles. The molecule has 2 aliphatic rings. The van der Waals surface area contributed by atoms with Crippen LogP contribution in [0.4, 0.5) is 22.7 Å². The Hall–Kier alpha value is -2.70. The van der Waals surface area contributed by atoms with Gasteiger partial charge >= 0.3 is 0 Å². The highest BCUT2D eigenvalue weighted by atomic mass is 32.2. The highest BCUT2D eigenvalue weighted by Crippen LogP contribution is 2.31. The van der Waals surface area contributed by atoms with E-state index in [9.17, 15) is 4.79 Å². The third kappa shape index (κ3) is 5.81. The second-order valence-electron chi connectivity index (χ2n) is 8.32. The molecule has 1 aliphatic heterocycles. The molecule has 1 amide bonds. The van der Waals surface area contributed by atoms with Crippen LogP contribution in [-0.4, -0.2) is 71.8 Å². The second-order valence-corrected chi connectivity index (χ2v) is 10.6. The second kappa shape index (κ2) is 9.66. The molecule has 5 rings (SSSR count). The molecule has 2 aromatic heterocycles. The van der Waals surface area contributed by atoms with Crippen molar-refractivity contribution in [3.63, 3.8) is 0 Å². The number of nitrogens with zero attached hydrogens (tertiary/aromatic N) is 6. The summed E-state index contributed by atoms with van der Waals surface area (Å²) >= 11 is 3.04. The number of anilines is 4. The summed E-state index contributed by atoms with van der Waals surface area (Å²) in [5, 5.41) is 7.58. The minimum Gasteiger partial charge on any atom is -0.338 e. The molecular formula is C21H25BN8OS2. The van der Waals surface area contributed by atoms with E-state index in [0.717, 1.165) is 59.5 Å². The molecule has 12 heteroatoms. The molecular weight excluding hydrogens is 455 g/mol. The predicted octanol–water partition coefficient (Wildman–Crippen LogP) is 1.58.